The SMILES string of the molecule is CN=C(NCCc1cccs1)NCc1cc(C#N)ccc1F.I. The average Bonchev–Trinajstić information content (AvgIpc) is 3.05. The van der Waals surface area contributed by atoms with Gasteiger partial charge >= 0.3 is 0 Å². The first-order valence-corrected chi connectivity index (χ1v) is 7.76. The van der Waals surface area contributed by atoms with E-state index in [1.54, 1.807) is 24.5 Å². The van der Waals surface area contributed by atoms with Crippen LogP contribution in [0.2, 0.25) is 0 Å². The van der Waals surface area contributed by atoms with E-state index in [1.165, 1.54) is 17.0 Å². The van der Waals surface area contributed by atoms with E-state index in [4.69, 9.17) is 5.26 Å². The number of hydrogen-bond acceptors (Lipinski definition) is 3. The Bertz CT molecular complexity index is 680. The summed E-state index contributed by atoms with van der Waals surface area (Å²) in [5.41, 5.74) is 0.888. The van der Waals surface area contributed by atoms with Crippen LogP contribution >= 0.6 is 35.3 Å². The van der Waals surface area contributed by atoms with Gasteiger partial charge in [-0.25, -0.2) is 4.39 Å². The lowest BCUT2D eigenvalue weighted by molar-refractivity contribution is 0.604. The molecular formula is C16H18FIN4S. The molecule has 0 aliphatic rings. The van der Waals surface area contributed by atoms with Gasteiger partial charge in [-0.05, 0) is 36.1 Å². The van der Waals surface area contributed by atoms with E-state index in [0.29, 0.717) is 17.1 Å². The highest BCUT2D eigenvalue weighted by Gasteiger charge is 2.05. The van der Waals surface area contributed by atoms with Gasteiger partial charge in [-0.2, -0.15) is 5.26 Å². The molecule has 0 aliphatic heterocycles. The van der Waals surface area contributed by atoms with Gasteiger partial charge < -0.3 is 10.6 Å². The highest BCUT2D eigenvalue weighted by atomic mass is 127. The quantitative estimate of drug-likeness (QED) is 0.423. The number of nitrogens with one attached hydrogen (secondary N) is 2. The number of benzene rings is 1. The summed E-state index contributed by atoms with van der Waals surface area (Å²) in [6.07, 6.45) is 0.913. The van der Waals surface area contributed by atoms with Gasteiger partial charge in [-0.1, -0.05) is 6.07 Å². The Labute approximate surface area is 156 Å². The van der Waals surface area contributed by atoms with Crippen molar-refractivity contribution >= 4 is 41.3 Å². The zero-order chi connectivity index (χ0) is 15.8. The van der Waals surface area contributed by atoms with E-state index in [0.717, 1.165) is 13.0 Å². The summed E-state index contributed by atoms with van der Waals surface area (Å²) in [5.74, 6) is 0.277. The van der Waals surface area contributed by atoms with Crippen molar-refractivity contribution in [3.8, 4) is 6.07 Å². The lowest BCUT2D eigenvalue weighted by Crippen LogP contribution is -2.38. The number of halogens is 2. The van der Waals surface area contributed by atoms with Crippen LogP contribution in [0.15, 0.2) is 40.7 Å². The molecule has 2 aromatic rings. The number of guanidine groups is 1. The Morgan fingerprint density at radius 2 is 2.17 bits per heavy atom. The third kappa shape index (κ3) is 6.15. The maximum atomic E-state index is 13.7. The van der Waals surface area contributed by atoms with E-state index >= 15 is 0 Å². The monoisotopic (exact) mass is 444 g/mol. The normalized spacial score (nSPS) is 10.6. The van der Waals surface area contributed by atoms with Crippen LogP contribution in [0.25, 0.3) is 0 Å². The van der Waals surface area contributed by atoms with Crippen molar-refractivity contribution in [3.05, 3.63) is 57.5 Å². The van der Waals surface area contributed by atoms with Crippen molar-refractivity contribution in [1.82, 2.24) is 10.6 Å². The van der Waals surface area contributed by atoms with Gasteiger partial charge in [0.1, 0.15) is 5.82 Å². The molecule has 1 heterocycles. The molecule has 0 atom stereocenters. The Kier molecular flexibility index (Phi) is 8.58. The predicted molar refractivity (Wildman–Crippen MR) is 103 cm³/mol. The number of nitrogens with zero attached hydrogens (tertiary/aromatic N) is 2. The number of thiophene rings is 1. The predicted octanol–water partition coefficient (Wildman–Crippen LogP) is 3.28. The molecule has 0 saturated carbocycles. The van der Waals surface area contributed by atoms with Gasteiger partial charge in [0.15, 0.2) is 5.96 Å². The fourth-order valence-corrected chi connectivity index (χ4v) is 2.65. The summed E-state index contributed by atoms with van der Waals surface area (Å²) in [6, 6.07) is 10.4. The molecule has 0 fully saturated rings. The summed E-state index contributed by atoms with van der Waals surface area (Å²) in [4.78, 5) is 5.41. The number of hydrogen-bond donors (Lipinski definition) is 2. The second-order valence-electron chi connectivity index (χ2n) is 4.60. The molecule has 1 aromatic carbocycles. The third-order valence-corrected chi connectivity index (χ3v) is 4.02. The van der Waals surface area contributed by atoms with Crippen molar-refractivity contribution in [1.29, 1.82) is 5.26 Å². The number of aliphatic imine (C=N–C) groups is 1. The topological polar surface area (TPSA) is 60.2 Å². The van der Waals surface area contributed by atoms with E-state index < -0.39 is 0 Å². The molecular weight excluding hydrogens is 426 g/mol. The van der Waals surface area contributed by atoms with Crippen LogP contribution in [-0.2, 0) is 13.0 Å². The van der Waals surface area contributed by atoms with Gasteiger partial charge in [0.05, 0.1) is 11.6 Å². The van der Waals surface area contributed by atoms with Gasteiger partial charge in [0.25, 0.3) is 0 Å². The molecule has 2 N–H and O–H groups in total. The largest absolute Gasteiger partial charge is 0.356 e. The molecule has 122 valence electrons. The molecule has 7 heteroatoms. The van der Waals surface area contributed by atoms with Gasteiger partial charge in [0, 0.05) is 30.6 Å². The minimum atomic E-state index is -0.333. The van der Waals surface area contributed by atoms with Crippen molar-refractivity contribution < 1.29 is 4.39 Å². The zero-order valence-corrected chi connectivity index (χ0v) is 15.8. The summed E-state index contributed by atoms with van der Waals surface area (Å²) in [6.45, 7) is 1.03. The van der Waals surface area contributed by atoms with E-state index in [-0.39, 0.29) is 36.3 Å². The van der Waals surface area contributed by atoms with Crippen LogP contribution in [0.3, 0.4) is 0 Å². The fraction of sp³-hybridized carbons (Fsp3) is 0.250. The summed E-state index contributed by atoms with van der Waals surface area (Å²) in [7, 11) is 1.67. The van der Waals surface area contributed by atoms with E-state index in [1.807, 2.05) is 17.5 Å². The minimum Gasteiger partial charge on any atom is -0.356 e. The second kappa shape index (κ2) is 10.2. The van der Waals surface area contributed by atoms with Crippen LogP contribution in [0.5, 0.6) is 0 Å². The molecule has 0 saturated heterocycles. The number of nitriles is 1. The van der Waals surface area contributed by atoms with E-state index in [2.05, 4.69) is 21.7 Å². The highest BCUT2D eigenvalue weighted by Crippen LogP contribution is 2.10. The first-order chi connectivity index (χ1) is 10.7. The smallest absolute Gasteiger partial charge is 0.191 e. The lowest BCUT2D eigenvalue weighted by Gasteiger charge is -2.12. The molecule has 2 rings (SSSR count). The summed E-state index contributed by atoms with van der Waals surface area (Å²) in [5, 5.41) is 17.1. The van der Waals surface area contributed by atoms with Crippen LogP contribution in [-0.4, -0.2) is 19.6 Å². The molecule has 0 aliphatic carbocycles. The fourth-order valence-electron chi connectivity index (χ4n) is 1.94. The Balaban J connectivity index is 0.00000264. The Hall–Kier alpha value is -1.66. The lowest BCUT2D eigenvalue weighted by atomic mass is 10.1. The third-order valence-electron chi connectivity index (χ3n) is 3.09. The molecule has 0 radical (unpaired) electrons. The Morgan fingerprint density at radius 1 is 1.35 bits per heavy atom. The van der Waals surface area contributed by atoms with Crippen LogP contribution < -0.4 is 10.6 Å². The summed E-state index contributed by atoms with van der Waals surface area (Å²) >= 11 is 1.72. The molecule has 0 unspecified atom stereocenters. The van der Waals surface area contributed by atoms with Crippen LogP contribution in [0, 0.1) is 17.1 Å². The molecule has 4 nitrogen and oxygen atoms in total. The van der Waals surface area contributed by atoms with Crippen molar-refractivity contribution in [2.45, 2.75) is 13.0 Å². The summed E-state index contributed by atoms with van der Waals surface area (Å²) < 4.78 is 13.7. The van der Waals surface area contributed by atoms with E-state index in [9.17, 15) is 4.39 Å². The van der Waals surface area contributed by atoms with Gasteiger partial charge in [-0.15, -0.1) is 35.3 Å². The van der Waals surface area contributed by atoms with Gasteiger partial charge in [0.2, 0.25) is 0 Å². The molecule has 1 aromatic heterocycles. The van der Waals surface area contributed by atoms with Gasteiger partial charge in [-0.3, -0.25) is 4.99 Å². The molecule has 0 spiro atoms. The Morgan fingerprint density at radius 3 is 2.83 bits per heavy atom. The maximum Gasteiger partial charge on any atom is 0.191 e. The zero-order valence-electron chi connectivity index (χ0n) is 12.7. The average molecular weight is 444 g/mol. The minimum absolute atomic E-state index is 0. The van der Waals surface area contributed by atoms with Crippen molar-refractivity contribution in [2.24, 2.45) is 4.99 Å². The molecule has 0 amide bonds. The second-order valence-corrected chi connectivity index (χ2v) is 5.63. The van der Waals surface area contributed by atoms with Crippen molar-refractivity contribution in [2.75, 3.05) is 13.6 Å². The first-order valence-electron chi connectivity index (χ1n) is 6.88. The van der Waals surface area contributed by atoms with Crippen LogP contribution in [0.1, 0.15) is 16.0 Å². The maximum absolute atomic E-state index is 13.7. The van der Waals surface area contributed by atoms with Crippen molar-refractivity contribution in [3.63, 3.8) is 0 Å². The molecule has 23 heavy (non-hydrogen) atoms. The standard InChI is InChI=1S/C16H17FN4S.HI/c1-19-16(20-7-6-14-3-2-8-22-14)21-11-13-9-12(10-18)4-5-15(13)17;/h2-5,8-9H,6-7,11H2,1H3,(H2,19,20,21);1H. The first kappa shape index (κ1) is 19.4. The number of rotatable bonds is 5. The molecule has 0 bridgehead atoms. The van der Waals surface area contributed by atoms with Crippen LogP contribution in [0.4, 0.5) is 4.39 Å². The highest BCUT2D eigenvalue weighted by molar-refractivity contribution is 14.0.